The van der Waals surface area contributed by atoms with Crippen LogP contribution in [0.2, 0.25) is 0 Å². The summed E-state index contributed by atoms with van der Waals surface area (Å²) in [4.78, 5) is 28.3. The van der Waals surface area contributed by atoms with Crippen LogP contribution in [0.25, 0.3) is 11.4 Å². The first-order chi connectivity index (χ1) is 11.5. The highest BCUT2D eigenvalue weighted by molar-refractivity contribution is 7.15. The van der Waals surface area contributed by atoms with Gasteiger partial charge in [0.2, 0.25) is 5.82 Å². The van der Waals surface area contributed by atoms with Crippen molar-refractivity contribution in [3.05, 3.63) is 57.6 Å². The second-order valence-corrected chi connectivity index (χ2v) is 6.21. The first-order valence-corrected chi connectivity index (χ1v) is 8.02. The van der Waals surface area contributed by atoms with E-state index in [1.54, 1.807) is 12.1 Å². The van der Waals surface area contributed by atoms with Gasteiger partial charge in [0, 0.05) is 5.56 Å². The molecule has 0 bridgehead atoms. The molecule has 0 unspecified atom stereocenters. The number of esters is 1. The van der Waals surface area contributed by atoms with Crippen LogP contribution in [0.4, 0.5) is 0 Å². The van der Waals surface area contributed by atoms with Crippen molar-refractivity contribution in [2.24, 2.45) is 0 Å². The molecule has 0 atom stereocenters. The molecule has 0 spiro atoms. The fourth-order valence-corrected chi connectivity index (χ4v) is 2.88. The molecular formula is C17H14N2O4S. The fourth-order valence-electron chi connectivity index (χ4n) is 2.08. The van der Waals surface area contributed by atoms with Gasteiger partial charge in [0.05, 0.1) is 4.88 Å². The zero-order valence-electron chi connectivity index (χ0n) is 13.1. The summed E-state index contributed by atoms with van der Waals surface area (Å²) < 4.78 is 10.3. The third kappa shape index (κ3) is 3.41. The summed E-state index contributed by atoms with van der Waals surface area (Å²) >= 11 is 1.10. The van der Waals surface area contributed by atoms with Crippen molar-refractivity contribution < 1.29 is 18.8 Å². The number of hydrogen-bond acceptors (Lipinski definition) is 7. The van der Waals surface area contributed by atoms with Gasteiger partial charge in [0.15, 0.2) is 12.4 Å². The van der Waals surface area contributed by atoms with Gasteiger partial charge < -0.3 is 9.26 Å². The molecule has 0 aliphatic rings. The van der Waals surface area contributed by atoms with Crippen molar-refractivity contribution in [2.45, 2.75) is 20.5 Å². The Morgan fingerprint density at radius 3 is 2.62 bits per heavy atom. The standard InChI is InChI=1S/C17H14N2O4S/c1-10-5-3-4-6-12(10)16-18-15(23-19-16)9-22-17(21)14-8-7-13(24-14)11(2)20/h3-8H,9H2,1-2H3. The van der Waals surface area contributed by atoms with Gasteiger partial charge in [0.1, 0.15) is 4.88 Å². The lowest BCUT2D eigenvalue weighted by atomic mass is 10.1. The Morgan fingerprint density at radius 2 is 1.92 bits per heavy atom. The van der Waals surface area contributed by atoms with Crippen LogP contribution < -0.4 is 0 Å². The minimum atomic E-state index is -0.525. The summed E-state index contributed by atoms with van der Waals surface area (Å²) in [6, 6.07) is 10.8. The van der Waals surface area contributed by atoms with Crippen molar-refractivity contribution in [3.63, 3.8) is 0 Å². The molecule has 0 aliphatic carbocycles. The zero-order chi connectivity index (χ0) is 17.1. The predicted octanol–water partition coefficient (Wildman–Crippen LogP) is 3.67. The van der Waals surface area contributed by atoms with Crippen molar-refractivity contribution in [3.8, 4) is 11.4 Å². The van der Waals surface area contributed by atoms with E-state index in [1.807, 2.05) is 31.2 Å². The smallest absolute Gasteiger partial charge is 0.348 e. The summed E-state index contributed by atoms with van der Waals surface area (Å²) in [6.07, 6.45) is 0. The van der Waals surface area contributed by atoms with Crippen LogP contribution in [0.3, 0.4) is 0 Å². The number of carbonyl (C=O) groups excluding carboxylic acids is 2. The van der Waals surface area contributed by atoms with Crippen LogP contribution in [-0.2, 0) is 11.3 Å². The molecule has 122 valence electrons. The van der Waals surface area contributed by atoms with Gasteiger partial charge in [-0.1, -0.05) is 29.4 Å². The Balaban J connectivity index is 1.66. The van der Waals surface area contributed by atoms with Crippen molar-refractivity contribution in [1.82, 2.24) is 10.1 Å². The molecule has 0 fully saturated rings. The normalized spacial score (nSPS) is 10.6. The van der Waals surface area contributed by atoms with Crippen molar-refractivity contribution >= 4 is 23.1 Å². The monoisotopic (exact) mass is 342 g/mol. The molecule has 0 radical (unpaired) electrons. The number of rotatable bonds is 5. The Labute approximate surface area is 142 Å². The fraction of sp³-hybridized carbons (Fsp3) is 0.176. The molecule has 0 N–H and O–H groups in total. The topological polar surface area (TPSA) is 82.3 Å². The Kier molecular flexibility index (Phi) is 4.52. The molecule has 1 aromatic carbocycles. The molecule has 6 nitrogen and oxygen atoms in total. The van der Waals surface area contributed by atoms with Crippen LogP contribution >= 0.6 is 11.3 Å². The Bertz CT molecular complexity index is 897. The van der Waals surface area contributed by atoms with E-state index in [0.29, 0.717) is 15.6 Å². The summed E-state index contributed by atoms with van der Waals surface area (Å²) in [5.41, 5.74) is 1.89. The lowest BCUT2D eigenvalue weighted by molar-refractivity contribution is 0.0435. The van der Waals surface area contributed by atoms with Crippen LogP contribution in [0, 0.1) is 6.92 Å². The lowest BCUT2D eigenvalue weighted by Crippen LogP contribution is -2.03. The predicted molar refractivity (Wildman–Crippen MR) is 87.9 cm³/mol. The number of benzene rings is 1. The van der Waals surface area contributed by atoms with E-state index in [4.69, 9.17) is 9.26 Å². The summed E-state index contributed by atoms with van der Waals surface area (Å²) in [7, 11) is 0. The van der Waals surface area contributed by atoms with Gasteiger partial charge in [-0.05, 0) is 31.5 Å². The average Bonchev–Trinajstić information content (AvgIpc) is 3.22. The number of aromatic nitrogens is 2. The molecule has 3 rings (SSSR count). The van der Waals surface area contributed by atoms with E-state index in [2.05, 4.69) is 10.1 Å². The highest BCUT2D eigenvalue weighted by atomic mass is 32.1. The van der Waals surface area contributed by atoms with E-state index >= 15 is 0 Å². The number of aryl methyl sites for hydroxylation is 1. The lowest BCUT2D eigenvalue weighted by Gasteiger charge is -1.99. The van der Waals surface area contributed by atoms with Gasteiger partial charge >= 0.3 is 5.97 Å². The maximum absolute atomic E-state index is 12.0. The van der Waals surface area contributed by atoms with E-state index in [-0.39, 0.29) is 18.3 Å². The second kappa shape index (κ2) is 6.76. The van der Waals surface area contributed by atoms with E-state index in [1.165, 1.54) is 6.92 Å². The van der Waals surface area contributed by atoms with Gasteiger partial charge in [-0.25, -0.2) is 4.79 Å². The molecular weight excluding hydrogens is 328 g/mol. The third-order valence-corrected chi connectivity index (χ3v) is 4.50. The molecule has 7 heteroatoms. The van der Waals surface area contributed by atoms with E-state index < -0.39 is 5.97 Å². The second-order valence-electron chi connectivity index (χ2n) is 5.12. The summed E-state index contributed by atoms with van der Waals surface area (Å²) in [5.74, 6) is 0.0565. The molecule has 0 saturated carbocycles. The molecule has 0 aliphatic heterocycles. The molecule has 24 heavy (non-hydrogen) atoms. The quantitative estimate of drug-likeness (QED) is 0.520. The largest absolute Gasteiger partial charge is 0.451 e. The molecule has 0 amide bonds. The summed E-state index contributed by atoms with van der Waals surface area (Å²) in [6.45, 7) is 3.28. The minimum Gasteiger partial charge on any atom is -0.451 e. The minimum absolute atomic E-state index is 0.0844. The van der Waals surface area contributed by atoms with Gasteiger partial charge in [-0.2, -0.15) is 4.98 Å². The third-order valence-electron chi connectivity index (χ3n) is 3.33. The Morgan fingerprint density at radius 1 is 1.17 bits per heavy atom. The van der Waals surface area contributed by atoms with Gasteiger partial charge in [-0.3, -0.25) is 4.79 Å². The number of thiophene rings is 1. The van der Waals surface area contributed by atoms with E-state index in [9.17, 15) is 9.59 Å². The van der Waals surface area contributed by atoms with Crippen LogP contribution in [0.15, 0.2) is 40.9 Å². The first-order valence-electron chi connectivity index (χ1n) is 7.21. The van der Waals surface area contributed by atoms with Gasteiger partial charge in [0.25, 0.3) is 5.89 Å². The van der Waals surface area contributed by atoms with Gasteiger partial charge in [-0.15, -0.1) is 11.3 Å². The maximum atomic E-state index is 12.0. The highest BCUT2D eigenvalue weighted by Gasteiger charge is 2.15. The number of Topliss-reactive ketones (excluding diaryl/α,β-unsaturated/α-hetero) is 1. The first kappa shape index (κ1) is 16.1. The molecule has 2 aromatic heterocycles. The highest BCUT2D eigenvalue weighted by Crippen LogP contribution is 2.21. The maximum Gasteiger partial charge on any atom is 0.348 e. The number of hydrogen-bond donors (Lipinski definition) is 0. The SMILES string of the molecule is CC(=O)c1ccc(C(=O)OCc2nc(-c3ccccc3C)no2)s1. The molecule has 0 saturated heterocycles. The zero-order valence-corrected chi connectivity index (χ0v) is 13.9. The van der Waals surface area contributed by atoms with Crippen LogP contribution in [-0.4, -0.2) is 21.9 Å². The number of nitrogens with zero attached hydrogens (tertiary/aromatic N) is 2. The van der Waals surface area contributed by atoms with Crippen LogP contribution in [0.1, 0.15) is 37.7 Å². The molecule has 3 aromatic rings. The Hall–Kier alpha value is -2.80. The number of ketones is 1. The summed E-state index contributed by atoms with van der Waals surface area (Å²) in [5, 5.41) is 3.91. The van der Waals surface area contributed by atoms with Crippen molar-refractivity contribution in [1.29, 1.82) is 0 Å². The van der Waals surface area contributed by atoms with Crippen molar-refractivity contribution in [2.75, 3.05) is 0 Å². The molecule has 2 heterocycles. The number of ether oxygens (including phenoxy) is 1. The van der Waals surface area contributed by atoms with E-state index in [0.717, 1.165) is 22.5 Å². The van der Waals surface area contributed by atoms with Crippen LogP contribution in [0.5, 0.6) is 0 Å². The average molecular weight is 342 g/mol. The number of carbonyl (C=O) groups is 2.